The summed E-state index contributed by atoms with van der Waals surface area (Å²) in [5, 5.41) is 3.07. The fourth-order valence-corrected chi connectivity index (χ4v) is 1.33. The Kier molecular flexibility index (Phi) is 2.36. The van der Waals surface area contributed by atoms with Gasteiger partial charge < -0.3 is 4.57 Å². The smallest absolute Gasteiger partial charge is 0.193 e. The SMILES string of the molecule is O=NC(c1ccccc1)n1ccnc1. The highest BCUT2D eigenvalue weighted by atomic mass is 16.3. The number of aromatic nitrogens is 2. The van der Waals surface area contributed by atoms with Crippen molar-refractivity contribution >= 4 is 0 Å². The second-order valence-corrected chi connectivity index (χ2v) is 2.90. The maximum Gasteiger partial charge on any atom is 0.193 e. The summed E-state index contributed by atoms with van der Waals surface area (Å²) in [6.45, 7) is 0. The first-order chi connectivity index (χ1) is 6.92. The second-order valence-electron chi connectivity index (χ2n) is 2.90. The molecule has 1 aromatic carbocycles. The third kappa shape index (κ3) is 1.54. The Morgan fingerprint density at radius 3 is 2.64 bits per heavy atom. The number of imidazole rings is 1. The summed E-state index contributed by atoms with van der Waals surface area (Å²) < 4.78 is 1.67. The normalized spacial score (nSPS) is 12.3. The Labute approximate surface area is 81.2 Å². The predicted molar refractivity (Wildman–Crippen MR) is 52.6 cm³/mol. The van der Waals surface area contributed by atoms with Gasteiger partial charge in [0.1, 0.15) is 0 Å². The number of hydrogen-bond acceptors (Lipinski definition) is 3. The third-order valence-corrected chi connectivity index (χ3v) is 2.00. The largest absolute Gasteiger partial charge is 0.308 e. The number of hydrogen-bond donors (Lipinski definition) is 0. The molecule has 0 saturated carbocycles. The minimum Gasteiger partial charge on any atom is -0.308 e. The standard InChI is InChI=1S/C10H9N3O/c14-12-10(13-7-6-11-8-13)9-4-2-1-3-5-9/h1-8,10H. The number of benzene rings is 1. The highest BCUT2D eigenvalue weighted by Crippen LogP contribution is 2.18. The fourth-order valence-electron chi connectivity index (χ4n) is 1.33. The molecule has 0 bridgehead atoms. The number of nitrogens with zero attached hydrogens (tertiary/aromatic N) is 3. The van der Waals surface area contributed by atoms with E-state index in [1.54, 1.807) is 23.3 Å². The van der Waals surface area contributed by atoms with Crippen molar-refractivity contribution in [3.8, 4) is 0 Å². The van der Waals surface area contributed by atoms with Gasteiger partial charge >= 0.3 is 0 Å². The van der Waals surface area contributed by atoms with Crippen LogP contribution in [0.25, 0.3) is 0 Å². The van der Waals surface area contributed by atoms with Gasteiger partial charge in [-0.15, -0.1) is 4.91 Å². The zero-order valence-corrected chi connectivity index (χ0v) is 7.45. The Hall–Kier alpha value is -1.97. The van der Waals surface area contributed by atoms with Gasteiger partial charge in [-0.1, -0.05) is 30.3 Å². The van der Waals surface area contributed by atoms with Gasteiger partial charge in [0.2, 0.25) is 0 Å². The predicted octanol–water partition coefficient (Wildman–Crippen LogP) is 2.20. The van der Waals surface area contributed by atoms with Crippen molar-refractivity contribution < 1.29 is 0 Å². The van der Waals surface area contributed by atoms with Gasteiger partial charge in [-0.3, -0.25) is 0 Å². The van der Waals surface area contributed by atoms with Crippen LogP contribution in [0.2, 0.25) is 0 Å². The van der Waals surface area contributed by atoms with Gasteiger partial charge in [0.25, 0.3) is 0 Å². The van der Waals surface area contributed by atoms with Crippen LogP contribution in [0.4, 0.5) is 0 Å². The molecule has 0 aliphatic heterocycles. The Balaban J connectivity index is 2.36. The van der Waals surface area contributed by atoms with Crippen molar-refractivity contribution in [2.75, 3.05) is 0 Å². The molecule has 70 valence electrons. The molecule has 4 nitrogen and oxygen atoms in total. The summed E-state index contributed by atoms with van der Waals surface area (Å²) in [5.41, 5.74) is 0.862. The zero-order valence-electron chi connectivity index (χ0n) is 7.45. The second kappa shape index (κ2) is 3.83. The molecule has 0 amide bonds. The first kappa shape index (κ1) is 8.62. The fraction of sp³-hybridized carbons (Fsp3) is 0.100. The van der Waals surface area contributed by atoms with Gasteiger partial charge in [0.15, 0.2) is 6.17 Å². The van der Waals surface area contributed by atoms with Crippen molar-refractivity contribution in [1.82, 2.24) is 9.55 Å². The van der Waals surface area contributed by atoms with Crippen LogP contribution < -0.4 is 0 Å². The average molecular weight is 187 g/mol. The maximum absolute atomic E-state index is 10.7. The Morgan fingerprint density at radius 1 is 1.29 bits per heavy atom. The summed E-state index contributed by atoms with van der Waals surface area (Å²) in [7, 11) is 0. The van der Waals surface area contributed by atoms with Crippen LogP contribution in [0.1, 0.15) is 11.7 Å². The van der Waals surface area contributed by atoms with E-state index in [4.69, 9.17) is 0 Å². The van der Waals surface area contributed by atoms with Crippen LogP contribution in [0.15, 0.2) is 54.2 Å². The van der Waals surface area contributed by atoms with Gasteiger partial charge in [-0.25, -0.2) is 4.98 Å². The van der Waals surface area contributed by atoms with Crippen LogP contribution in [0.3, 0.4) is 0 Å². The molecule has 1 atom stereocenters. The number of nitroso groups, excluding NO2 is 1. The van der Waals surface area contributed by atoms with E-state index in [1.807, 2.05) is 30.3 Å². The minimum atomic E-state index is -0.515. The van der Waals surface area contributed by atoms with Crippen LogP contribution in [-0.2, 0) is 0 Å². The Morgan fingerprint density at radius 2 is 2.07 bits per heavy atom. The van der Waals surface area contributed by atoms with E-state index < -0.39 is 6.17 Å². The zero-order chi connectivity index (χ0) is 9.80. The molecule has 0 N–H and O–H groups in total. The summed E-state index contributed by atoms with van der Waals surface area (Å²) in [5.74, 6) is 0. The number of rotatable bonds is 3. The van der Waals surface area contributed by atoms with Gasteiger partial charge in [-0.05, 0) is 5.18 Å². The lowest BCUT2D eigenvalue weighted by Gasteiger charge is -2.09. The maximum atomic E-state index is 10.7. The van der Waals surface area contributed by atoms with Crippen LogP contribution in [0.5, 0.6) is 0 Å². The summed E-state index contributed by atoms with van der Waals surface area (Å²) in [4.78, 5) is 14.6. The highest BCUT2D eigenvalue weighted by molar-refractivity contribution is 5.19. The summed E-state index contributed by atoms with van der Waals surface area (Å²) in [6, 6.07) is 9.40. The first-order valence-electron chi connectivity index (χ1n) is 4.26. The van der Waals surface area contributed by atoms with E-state index in [1.165, 1.54) is 0 Å². The van der Waals surface area contributed by atoms with Crippen molar-refractivity contribution in [2.24, 2.45) is 5.18 Å². The van der Waals surface area contributed by atoms with Crippen LogP contribution >= 0.6 is 0 Å². The van der Waals surface area contributed by atoms with E-state index in [2.05, 4.69) is 10.2 Å². The average Bonchev–Trinajstić information content (AvgIpc) is 2.74. The highest BCUT2D eigenvalue weighted by Gasteiger charge is 2.11. The molecule has 14 heavy (non-hydrogen) atoms. The molecule has 0 spiro atoms. The van der Waals surface area contributed by atoms with Gasteiger partial charge in [-0.2, -0.15) is 0 Å². The molecule has 1 aromatic heterocycles. The van der Waals surface area contributed by atoms with E-state index >= 15 is 0 Å². The van der Waals surface area contributed by atoms with E-state index in [0.29, 0.717) is 0 Å². The van der Waals surface area contributed by atoms with Crippen molar-refractivity contribution in [1.29, 1.82) is 0 Å². The molecule has 2 aromatic rings. The molecule has 4 heteroatoms. The minimum absolute atomic E-state index is 0.515. The van der Waals surface area contributed by atoms with E-state index in [0.717, 1.165) is 5.56 Å². The molecule has 0 fully saturated rings. The lowest BCUT2D eigenvalue weighted by atomic mass is 10.2. The van der Waals surface area contributed by atoms with Gasteiger partial charge in [0, 0.05) is 18.0 Å². The topological polar surface area (TPSA) is 47.2 Å². The molecular weight excluding hydrogens is 178 g/mol. The molecule has 0 aliphatic rings. The van der Waals surface area contributed by atoms with Crippen molar-refractivity contribution in [3.05, 3.63) is 59.5 Å². The third-order valence-electron chi connectivity index (χ3n) is 2.00. The quantitative estimate of drug-likeness (QED) is 0.691. The molecule has 0 aliphatic carbocycles. The Bertz CT molecular complexity index is 397. The molecule has 1 unspecified atom stereocenters. The lowest BCUT2D eigenvalue weighted by Crippen LogP contribution is -2.04. The van der Waals surface area contributed by atoms with Crippen molar-refractivity contribution in [2.45, 2.75) is 6.17 Å². The molecule has 0 saturated heterocycles. The molecule has 0 radical (unpaired) electrons. The monoisotopic (exact) mass is 187 g/mol. The van der Waals surface area contributed by atoms with Gasteiger partial charge in [0.05, 0.1) is 6.33 Å². The van der Waals surface area contributed by atoms with Crippen LogP contribution in [-0.4, -0.2) is 9.55 Å². The van der Waals surface area contributed by atoms with E-state index in [9.17, 15) is 4.91 Å². The lowest BCUT2D eigenvalue weighted by molar-refractivity contribution is 0.607. The molecule has 1 heterocycles. The summed E-state index contributed by atoms with van der Waals surface area (Å²) >= 11 is 0. The molecular formula is C10H9N3O. The first-order valence-corrected chi connectivity index (χ1v) is 4.26. The van der Waals surface area contributed by atoms with Crippen molar-refractivity contribution in [3.63, 3.8) is 0 Å². The summed E-state index contributed by atoms with van der Waals surface area (Å²) in [6.07, 6.45) is 4.41. The van der Waals surface area contributed by atoms with Crippen LogP contribution in [0, 0.1) is 4.91 Å². The van der Waals surface area contributed by atoms with E-state index in [-0.39, 0.29) is 0 Å². The molecule has 2 rings (SSSR count).